The lowest BCUT2D eigenvalue weighted by Gasteiger charge is -2.09. The van der Waals surface area contributed by atoms with Gasteiger partial charge in [0.15, 0.2) is 0 Å². The van der Waals surface area contributed by atoms with Crippen molar-refractivity contribution in [1.29, 1.82) is 0 Å². The summed E-state index contributed by atoms with van der Waals surface area (Å²) in [6.07, 6.45) is 3.44. The highest BCUT2D eigenvalue weighted by Gasteiger charge is 2.10. The number of ether oxygens (including phenoxy) is 1. The van der Waals surface area contributed by atoms with E-state index in [0.717, 1.165) is 5.69 Å². The molecule has 0 aliphatic rings. The van der Waals surface area contributed by atoms with Gasteiger partial charge in [0.05, 0.1) is 16.1 Å². The van der Waals surface area contributed by atoms with Gasteiger partial charge < -0.3 is 20.0 Å². The number of hydrogen-bond acceptors (Lipinski definition) is 5. The van der Waals surface area contributed by atoms with Crippen LogP contribution < -0.4 is 15.6 Å². The Labute approximate surface area is 169 Å². The van der Waals surface area contributed by atoms with Crippen LogP contribution in [-0.2, 0) is 19.7 Å². The van der Waals surface area contributed by atoms with Crippen molar-refractivity contribution in [3.05, 3.63) is 87.2 Å². The molecule has 0 saturated carbocycles. The molecule has 0 amide bonds. The number of hydrogen-bond donors (Lipinski definition) is 3. The summed E-state index contributed by atoms with van der Waals surface area (Å²) in [6, 6.07) is 9.57. The van der Waals surface area contributed by atoms with Gasteiger partial charge in [-0.25, -0.2) is 9.37 Å². The number of H-pyrrole nitrogens is 2. The van der Waals surface area contributed by atoms with E-state index < -0.39 is 5.82 Å². The Morgan fingerprint density at radius 3 is 2.90 bits per heavy atom. The molecule has 0 radical (unpaired) electrons. The van der Waals surface area contributed by atoms with E-state index in [1.807, 2.05) is 18.3 Å². The van der Waals surface area contributed by atoms with Gasteiger partial charge in [-0.3, -0.25) is 9.78 Å². The van der Waals surface area contributed by atoms with E-state index in [1.165, 1.54) is 18.2 Å². The molecule has 7 nitrogen and oxygen atoms in total. The number of pyridine rings is 1. The van der Waals surface area contributed by atoms with E-state index in [9.17, 15) is 9.18 Å². The maximum atomic E-state index is 13.3. The van der Waals surface area contributed by atoms with Crippen molar-refractivity contribution in [3.8, 4) is 5.75 Å². The van der Waals surface area contributed by atoms with Crippen molar-refractivity contribution in [1.82, 2.24) is 25.3 Å². The zero-order valence-corrected chi connectivity index (χ0v) is 16.0. The van der Waals surface area contributed by atoms with Gasteiger partial charge in [0, 0.05) is 37.2 Å². The van der Waals surface area contributed by atoms with Crippen LogP contribution >= 0.6 is 11.6 Å². The Morgan fingerprint density at radius 1 is 1.21 bits per heavy atom. The van der Waals surface area contributed by atoms with Crippen molar-refractivity contribution >= 4 is 22.5 Å². The first-order valence-corrected chi connectivity index (χ1v) is 9.25. The summed E-state index contributed by atoms with van der Waals surface area (Å²) in [6.45, 7) is 1.08. The van der Waals surface area contributed by atoms with E-state index in [1.54, 1.807) is 12.3 Å². The number of aromatic nitrogens is 4. The van der Waals surface area contributed by atoms with Crippen LogP contribution in [0.1, 0.15) is 17.2 Å². The SMILES string of the molecule is O=c1[nH]c(COc2ccc(F)c(Cl)c2)nc2c(CNCc3ccc[nH]3)nccc12. The molecule has 0 fully saturated rings. The van der Waals surface area contributed by atoms with Gasteiger partial charge in [-0.05, 0) is 30.3 Å². The summed E-state index contributed by atoms with van der Waals surface area (Å²) >= 11 is 5.76. The van der Waals surface area contributed by atoms with Crippen LogP contribution in [0.3, 0.4) is 0 Å². The molecule has 3 heterocycles. The number of nitrogens with zero attached hydrogens (tertiary/aromatic N) is 2. The lowest BCUT2D eigenvalue weighted by atomic mass is 10.2. The summed E-state index contributed by atoms with van der Waals surface area (Å²) in [5.74, 6) is 0.179. The molecule has 0 spiro atoms. The van der Waals surface area contributed by atoms with E-state index >= 15 is 0 Å². The fourth-order valence-corrected chi connectivity index (χ4v) is 3.05. The average Bonchev–Trinajstić information content (AvgIpc) is 3.23. The Balaban J connectivity index is 1.53. The van der Waals surface area contributed by atoms with Crippen LogP contribution in [0.15, 0.2) is 53.6 Å². The normalized spacial score (nSPS) is 11.1. The minimum Gasteiger partial charge on any atom is -0.486 e. The molecular weight excluding hydrogens is 397 g/mol. The molecular formula is C20H17ClFN5O2. The number of nitrogens with one attached hydrogen (secondary N) is 3. The van der Waals surface area contributed by atoms with E-state index in [2.05, 4.69) is 25.3 Å². The molecule has 0 unspecified atom stereocenters. The molecule has 0 aliphatic heterocycles. The molecule has 29 heavy (non-hydrogen) atoms. The Kier molecular flexibility index (Phi) is 5.55. The Morgan fingerprint density at radius 2 is 2.10 bits per heavy atom. The first-order valence-electron chi connectivity index (χ1n) is 8.88. The van der Waals surface area contributed by atoms with Gasteiger partial charge in [0.25, 0.3) is 5.56 Å². The molecule has 4 aromatic rings. The quantitative estimate of drug-likeness (QED) is 0.432. The van der Waals surface area contributed by atoms with Crippen LogP contribution in [0, 0.1) is 5.82 Å². The Bertz CT molecular complexity index is 1190. The number of halogens is 2. The summed E-state index contributed by atoms with van der Waals surface area (Å²) < 4.78 is 18.8. The zero-order valence-electron chi connectivity index (χ0n) is 15.2. The summed E-state index contributed by atoms with van der Waals surface area (Å²) in [4.78, 5) is 27.1. The van der Waals surface area contributed by atoms with Gasteiger partial charge in [-0.15, -0.1) is 0 Å². The van der Waals surface area contributed by atoms with Crippen LogP contribution in [0.2, 0.25) is 5.02 Å². The summed E-state index contributed by atoms with van der Waals surface area (Å²) in [5.41, 5.74) is 1.93. The number of rotatable bonds is 7. The molecule has 0 atom stereocenters. The second-order valence-corrected chi connectivity index (χ2v) is 6.74. The molecule has 4 rings (SSSR count). The van der Waals surface area contributed by atoms with Crippen LogP contribution in [0.4, 0.5) is 4.39 Å². The number of aromatic amines is 2. The van der Waals surface area contributed by atoms with Gasteiger partial charge in [-0.2, -0.15) is 0 Å². The first-order chi connectivity index (χ1) is 14.1. The predicted molar refractivity (Wildman–Crippen MR) is 107 cm³/mol. The molecule has 0 saturated heterocycles. The maximum Gasteiger partial charge on any atom is 0.258 e. The molecule has 9 heteroatoms. The van der Waals surface area contributed by atoms with Crippen LogP contribution in [0.25, 0.3) is 10.9 Å². The van der Waals surface area contributed by atoms with Crippen molar-refractivity contribution in [3.63, 3.8) is 0 Å². The van der Waals surface area contributed by atoms with Crippen molar-refractivity contribution in [2.45, 2.75) is 19.7 Å². The van der Waals surface area contributed by atoms with Gasteiger partial charge in [0.1, 0.15) is 29.5 Å². The van der Waals surface area contributed by atoms with E-state index in [4.69, 9.17) is 16.3 Å². The third kappa shape index (κ3) is 4.44. The largest absolute Gasteiger partial charge is 0.486 e. The fraction of sp³-hybridized carbons (Fsp3) is 0.150. The standard InChI is InChI=1S/C20H17ClFN5O2/c21-15-8-13(3-4-16(15)22)29-11-18-26-19-14(20(28)27-18)5-7-25-17(19)10-23-9-12-2-1-6-24-12/h1-8,23-24H,9-11H2,(H,26,27,28). The molecule has 0 aliphatic carbocycles. The first kappa shape index (κ1) is 19.1. The van der Waals surface area contributed by atoms with Gasteiger partial charge in [-0.1, -0.05) is 11.6 Å². The fourth-order valence-electron chi connectivity index (χ4n) is 2.88. The number of benzene rings is 1. The zero-order chi connectivity index (χ0) is 20.2. The summed E-state index contributed by atoms with van der Waals surface area (Å²) in [5, 5.41) is 3.69. The maximum absolute atomic E-state index is 13.3. The molecule has 3 N–H and O–H groups in total. The predicted octanol–water partition coefficient (Wildman–Crippen LogP) is 3.31. The van der Waals surface area contributed by atoms with E-state index in [0.29, 0.717) is 41.3 Å². The van der Waals surface area contributed by atoms with Gasteiger partial charge >= 0.3 is 0 Å². The molecule has 0 bridgehead atoms. The minimum atomic E-state index is -0.529. The highest BCUT2D eigenvalue weighted by Crippen LogP contribution is 2.21. The van der Waals surface area contributed by atoms with Crippen LogP contribution in [0.5, 0.6) is 5.75 Å². The van der Waals surface area contributed by atoms with E-state index in [-0.39, 0.29) is 17.2 Å². The minimum absolute atomic E-state index is 0.00260. The highest BCUT2D eigenvalue weighted by atomic mass is 35.5. The number of fused-ring (bicyclic) bond motifs is 1. The molecule has 1 aromatic carbocycles. The van der Waals surface area contributed by atoms with Crippen molar-refractivity contribution in [2.75, 3.05) is 0 Å². The highest BCUT2D eigenvalue weighted by molar-refractivity contribution is 6.30. The second-order valence-electron chi connectivity index (χ2n) is 6.33. The summed E-state index contributed by atoms with van der Waals surface area (Å²) in [7, 11) is 0. The lowest BCUT2D eigenvalue weighted by Crippen LogP contribution is -2.18. The molecule has 148 valence electrons. The third-order valence-corrected chi connectivity index (χ3v) is 4.58. The Hall–Kier alpha value is -3.23. The lowest BCUT2D eigenvalue weighted by molar-refractivity contribution is 0.295. The topological polar surface area (TPSA) is 95.7 Å². The monoisotopic (exact) mass is 413 g/mol. The van der Waals surface area contributed by atoms with Crippen molar-refractivity contribution < 1.29 is 9.13 Å². The smallest absolute Gasteiger partial charge is 0.258 e. The average molecular weight is 414 g/mol. The molecule has 3 aromatic heterocycles. The second kappa shape index (κ2) is 8.42. The van der Waals surface area contributed by atoms with Gasteiger partial charge in [0.2, 0.25) is 0 Å². The third-order valence-electron chi connectivity index (χ3n) is 4.29. The van der Waals surface area contributed by atoms with Crippen LogP contribution in [-0.4, -0.2) is 19.9 Å². The van der Waals surface area contributed by atoms with Crippen molar-refractivity contribution in [2.24, 2.45) is 0 Å².